The van der Waals surface area contributed by atoms with Gasteiger partial charge in [0.1, 0.15) is 0 Å². The molecule has 1 aliphatic carbocycles. The van der Waals surface area contributed by atoms with Crippen LogP contribution in [0.25, 0.3) is 16.6 Å². The van der Waals surface area contributed by atoms with Crippen LogP contribution in [0, 0.1) is 0 Å². The second-order valence-corrected chi connectivity index (χ2v) is 12.2. The molecule has 0 saturated heterocycles. The Hall–Kier alpha value is -3.28. The van der Waals surface area contributed by atoms with Crippen molar-refractivity contribution in [2.24, 2.45) is 0 Å². The first-order chi connectivity index (χ1) is 18.2. The molecule has 0 bridgehead atoms. The first kappa shape index (κ1) is 26.3. The van der Waals surface area contributed by atoms with E-state index in [0.717, 1.165) is 53.6 Å². The summed E-state index contributed by atoms with van der Waals surface area (Å²) in [6.45, 7) is 3.00. The standard InChI is InChI=1S/C27H34N6O4S/c1-18(17-37-2)30-27-28-14-26-24(12-25(33(26)31-27)20-7-9-22(34)10-8-20)21-13-29-32(16-21)15-19-5-4-6-23(11-19)38(3,35)36/h4-6,11-14,16,18,20,22,34H,7-10,15,17H2,1-3H3,(H,30,31)/t18-,20-,22-/m0/s1. The van der Waals surface area contributed by atoms with Crippen LogP contribution in [0.1, 0.15) is 49.8 Å². The van der Waals surface area contributed by atoms with Gasteiger partial charge in [-0.2, -0.15) is 5.10 Å². The number of methoxy groups -OCH3 is 1. The van der Waals surface area contributed by atoms with E-state index in [2.05, 4.69) is 21.5 Å². The lowest BCUT2D eigenvalue weighted by Crippen LogP contribution is -2.23. The maximum absolute atomic E-state index is 12.0. The van der Waals surface area contributed by atoms with Crippen molar-refractivity contribution in [1.82, 2.24) is 24.4 Å². The number of nitrogens with zero attached hydrogens (tertiary/aromatic N) is 5. The van der Waals surface area contributed by atoms with E-state index in [1.807, 2.05) is 36.1 Å². The van der Waals surface area contributed by atoms with Crippen molar-refractivity contribution in [1.29, 1.82) is 0 Å². The van der Waals surface area contributed by atoms with Crippen LogP contribution in [0.3, 0.4) is 0 Å². The summed E-state index contributed by atoms with van der Waals surface area (Å²) in [6.07, 6.45) is 9.93. The summed E-state index contributed by atoms with van der Waals surface area (Å²) in [5.74, 6) is 0.815. The zero-order valence-electron chi connectivity index (χ0n) is 21.9. The van der Waals surface area contributed by atoms with Crippen molar-refractivity contribution in [2.75, 3.05) is 25.3 Å². The fourth-order valence-electron chi connectivity index (χ4n) is 5.14. The highest BCUT2D eigenvalue weighted by Gasteiger charge is 2.26. The second-order valence-electron chi connectivity index (χ2n) is 10.2. The molecular formula is C27H34N6O4S. The Balaban J connectivity index is 1.48. The minimum Gasteiger partial charge on any atom is -0.393 e. The summed E-state index contributed by atoms with van der Waals surface area (Å²) in [6, 6.07) is 9.16. The van der Waals surface area contributed by atoms with Gasteiger partial charge in [0.2, 0.25) is 5.95 Å². The molecule has 5 rings (SSSR count). The Bertz CT molecular complexity index is 1520. The van der Waals surface area contributed by atoms with Gasteiger partial charge in [-0.05, 0) is 56.4 Å². The van der Waals surface area contributed by atoms with Gasteiger partial charge >= 0.3 is 0 Å². The summed E-state index contributed by atoms with van der Waals surface area (Å²) in [4.78, 5) is 4.87. The van der Waals surface area contributed by atoms with Gasteiger partial charge in [0.25, 0.3) is 0 Å². The maximum Gasteiger partial charge on any atom is 0.241 e. The highest BCUT2D eigenvalue weighted by atomic mass is 32.2. The molecule has 1 aliphatic rings. The lowest BCUT2D eigenvalue weighted by atomic mass is 9.85. The second kappa shape index (κ2) is 10.8. The minimum atomic E-state index is -3.28. The van der Waals surface area contributed by atoms with Crippen LogP contribution in [0.15, 0.2) is 53.8 Å². The largest absolute Gasteiger partial charge is 0.393 e. The molecule has 38 heavy (non-hydrogen) atoms. The van der Waals surface area contributed by atoms with Crippen LogP contribution in [0.4, 0.5) is 5.95 Å². The average molecular weight is 539 g/mol. The Morgan fingerprint density at radius 1 is 1.18 bits per heavy atom. The minimum absolute atomic E-state index is 0.0557. The number of aromatic nitrogens is 5. The molecule has 0 radical (unpaired) electrons. The Kier molecular flexibility index (Phi) is 7.51. The molecule has 3 heterocycles. The number of aliphatic hydroxyl groups excluding tert-OH is 1. The van der Waals surface area contributed by atoms with Crippen LogP contribution >= 0.6 is 0 Å². The summed E-state index contributed by atoms with van der Waals surface area (Å²) in [5.41, 5.74) is 4.75. The Morgan fingerprint density at radius 3 is 2.71 bits per heavy atom. The number of nitrogens with one attached hydrogen (secondary N) is 1. The van der Waals surface area contributed by atoms with E-state index in [0.29, 0.717) is 24.0 Å². The molecule has 1 aromatic carbocycles. The van der Waals surface area contributed by atoms with E-state index < -0.39 is 9.84 Å². The lowest BCUT2D eigenvalue weighted by molar-refractivity contribution is 0.121. The summed E-state index contributed by atoms with van der Waals surface area (Å²) >= 11 is 0. The third-order valence-corrected chi connectivity index (χ3v) is 8.18. The van der Waals surface area contributed by atoms with Gasteiger partial charge in [-0.3, -0.25) is 4.68 Å². The molecule has 0 unspecified atom stereocenters. The van der Waals surface area contributed by atoms with E-state index in [1.165, 1.54) is 6.26 Å². The van der Waals surface area contributed by atoms with E-state index in [-0.39, 0.29) is 18.1 Å². The molecule has 3 aromatic heterocycles. The number of benzene rings is 1. The maximum atomic E-state index is 12.0. The zero-order chi connectivity index (χ0) is 26.9. The van der Waals surface area contributed by atoms with Crippen molar-refractivity contribution in [3.05, 3.63) is 60.2 Å². The molecule has 0 spiro atoms. The quantitative estimate of drug-likeness (QED) is 0.332. The van der Waals surface area contributed by atoms with Gasteiger partial charge in [-0.15, -0.1) is 5.10 Å². The molecule has 10 nitrogen and oxygen atoms in total. The fourth-order valence-corrected chi connectivity index (χ4v) is 5.83. The molecule has 1 saturated carbocycles. The molecule has 2 N–H and O–H groups in total. The van der Waals surface area contributed by atoms with Gasteiger partial charge in [-0.1, -0.05) is 12.1 Å². The van der Waals surface area contributed by atoms with Crippen LogP contribution in [-0.4, -0.2) is 70.0 Å². The monoisotopic (exact) mass is 538 g/mol. The fraction of sp³-hybridized carbons (Fsp3) is 0.444. The van der Waals surface area contributed by atoms with Crippen molar-refractivity contribution in [3.63, 3.8) is 0 Å². The molecule has 202 valence electrons. The number of hydrogen-bond acceptors (Lipinski definition) is 8. The number of hydrogen-bond donors (Lipinski definition) is 2. The van der Waals surface area contributed by atoms with Crippen LogP contribution < -0.4 is 5.32 Å². The molecule has 1 atom stereocenters. The molecule has 0 aliphatic heterocycles. The first-order valence-electron chi connectivity index (χ1n) is 12.9. The van der Waals surface area contributed by atoms with Gasteiger partial charge in [0, 0.05) is 48.3 Å². The Labute approximate surface area is 222 Å². The average Bonchev–Trinajstić information content (AvgIpc) is 3.49. The summed E-state index contributed by atoms with van der Waals surface area (Å²) in [5, 5.41) is 22.7. The summed E-state index contributed by atoms with van der Waals surface area (Å²) in [7, 11) is -1.61. The van der Waals surface area contributed by atoms with Gasteiger partial charge in [-0.25, -0.2) is 17.9 Å². The van der Waals surface area contributed by atoms with Crippen molar-refractivity contribution in [3.8, 4) is 11.1 Å². The van der Waals surface area contributed by atoms with Crippen LogP contribution in [-0.2, 0) is 21.1 Å². The highest BCUT2D eigenvalue weighted by Crippen LogP contribution is 2.37. The SMILES string of the molecule is COC[C@H](C)Nc1ncc2c(-c3cnn(Cc4cccc(S(C)(=O)=O)c4)c3)cc([C@H]3CC[C@H](O)CC3)n2n1. The molecular weight excluding hydrogens is 504 g/mol. The van der Waals surface area contributed by atoms with Gasteiger partial charge in [0.15, 0.2) is 9.84 Å². The lowest BCUT2D eigenvalue weighted by Gasteiger charge is -2.25. The molecule has 0 amide bonds. The smallest absolute Gasteiger partial charge is 0.241 e. The number of aliphatic hydroxyl groups is 1. The van der Waals surface area contributed by atoms with Crippen LogP contribution in [0.2, 0.25) is 0 Å². The normalized spacial score (nSPS) is 19.1. The number of fused-ring (bicyclic) bond motifs is 1. The third kappa shape index (κ3) is 5.74. The van der Waals surface area contributed by atoms with E-state index >= 15 is 0 Å². The molecule has 4 aromatic rings. The van der Waals surface area contributed by atoms with E-state index in [9.17, 15) is 13.5 Å². The predicted molar refractivity (Wildman–Crippen MR) is 145 cm³/mol. The number of ether oxygens (including phenoxy) is 1. The van der Waals surface area contributed by atoms with E-state index in [4.69, 9.17) is 9.84 Å². The Morgan fingerprint density at radius 2 is 1.97 bits per heavy atom. The van der Waals surface area contributed by atoms with Crippen molar-refractivity contribution >= 4 is 21.3 Å². The predicted octanol–water partition coefficient (Wildman–Crippen LogP) is 3.51. The molecule has 1 fully saturated rings. The first-order valence-corrected chi connectivity index (χ1v) is 14.7. The van der Waals surface area contributed by atoms with E-state index in [1.54, 1.807) is 30.0 Å². The number of anilines is 1. The summed E-state index contributed by atoms with van der Waals surface area (Å²) < 4.78 is 32.9. The van der Waals surface area contributed by atoms with Crippen LogP contribution in [0.5, 0.6) is 0 Å². The highest BCUT2D eigenvalue weighted by molar-refractivity contribution is 7.90. The molecule has 11 heteroatoms. The number of rotatable bonds is 9. The van der Waals surface area contributed by atoms with Crippen molar-refractivity contribution in [2.45, 2.75) is 62.1 Å². The number of sulfone groups is 1. The van der Waals surface area contributed by atoms with Gasteiger partial charge < -0.3 is 15.2 Å². The topological polar surface area (TPSA) is 124 Å². The zero-order valence-corrected chi connectivity index (χ0v) is 22.7. The van der Waals surface area contributed by atoms with Gasteiger partial charge in [0.05, 0.1) is 42.1 Å². The van der Waals surface area contributed by atoms with Crippen molar-refractivity contribution < 1.29 is 18.3 Å². The third-order valence-electron chi connectivity index (χ3n) is 7.07.